The molecule has 0 aromatic carbocycles. The van der Waals surface area contributed by atoms with Crippen molar-refractivity contribution in [3.63, 3.8) is 0 Å². The molecular weight excluding hydrogens is 230 g/mol. The summed E-state index contributed by atoms with van der Waals surface area (Å²) in [6, 6.07) is 0. The summed E-state index contributed by atoms with van der Waals surface area (Å²) in [6.45, 7) is 4.88. The van der Waals surface area contributed by atoms with Crippen molar-refractivity contribution < 1.29 is 14.7 Å². The van der Waals surface area contributed by atoms with Crippen LogP contribution in [0.3, 0.4) is 0 Å². The van der Waals surface area contributed by atoms with Gasteiger partial charge in [-0.2, -0.15) is 0 Å². The highest BCUT2D eigenvalue weighted by Gasteiger charge is 2.35. The van der Waals surface area contributed by atoms with Gasteiger partial charge in [-0.15, -0.1) is 0 Å². The molecule has 18 heavy (non-hydrogen) atoms. The minimum atomic E-state index is -0.866. The highest BCUT2D eigenvalue weighted by molar-refractivity contribution is 5.85. The largest absolute Gasteiger partial charge is 0.481 e. The zero-order valence-corrected chi connectivity index (χ0v) is 11.4. The number of allylic oxidation sites excluding steroid dienone is 2. The van der Waals surface area contributed by atoms with Crippen LogP contribution < -0.4 is 0 Å². The fourth-order valence-electron chi connectivity index (χ4n) is 2.33. The van der Waals surface area contributed by atoms with Gasteiger partial charge in [-0.3, -0.25) is 9.59 Å². The lowest BCUT2D eigenvalue weighted by Crippen LogP contribution is -2.41. The molecule has 0 saturated carbocycles. The Bertz CT molecular complexity index is 338. The van der Waals surface area contributed by atoms with Gasteiger partial charge in [0.1, 0.15) is 0 Å². The molecule has 0 bridgehead atoms. The maximum absolute atomic E-state index is 12.3. The van der Waals surface area contributed by atoms with Gasteiger partial charge in [0.25, 0.3) is 0 Å². The van der Waals surface area contributed by atoms with Crippen molar-refractivity contribution in [1.29, 1.82) is 0 Å². The van der Waals surface area contributed by atoms with Crippen molar-refractivity contribution in [2.24, 2.45) is 17.8 Å². The first-order chi connectivity index (χ1) is 8.47. The molecule has 0 fully saturated rings. The molecular formula is C14H23NO3. The number of nitrogens with zero attached hydrogens (tertiary/aromatic N) is 1. The van der Waals surface area contributed by atoms with Gasteiger partial charge in [0.2, 0.25) is 5.91 Å². The molecule has 0 spiro atoms. The van der Waals surface area contributed by atoms with Gasteiger partial charge in [0.05, 0.1) is 11.8 Å². The first-order valence-corrected chi connectivity index (χ1v) is 6.60. The predicted octanol–water partition coefficient (Wildman–Crippen LogP) is 2.16. The third-order valence-corrected chi connectivity index (χ3v) is 3.73. The van der Waals surface area contributed by atoms with E-state index in [9.17, 15) is 9.59 Å². The van der Waals surface area contributed by atoms with Crippen molar-refractivity contribution in [3.05, 3.63) is 12.2 Å². The van der Waals surface area contributed by atoms with E-state index in [1.807, 2.05) is 12.2 Å². The number of hydrogen-bond donors (Lipinski definition) is 1. The summed E-state index contributed by atoms with van der Waals surface area (Å²) < 4.78 is 0. The third kappa shape index (κ3) is 3.59. The quantitative estimate of drug-likeness (QED) is 0.764. The van der Waals surface area contributed by atoms with Crippen LogP contribution in [-0.2, 0) is 9.59 Å². The maximum Gasteiger partial charge on any atom is 0.307 e. The van der Waals surface area contributed by atoms with Crippen LogP contribution in [0.25, 0.3) is 0 Å². The monoisotopic (exact) mass is 253 g/mol. The van der Waals surface area contributed by atoms with Gasteiger partial charge in [0.15, 0.2) is 0 Å². The number of rotatable bonds is 5. The SMILES string of the molecule is CCC(C)CN(C)C(=O)[C@@H]1CC=CC[C@@H]1C(=O)O. The Labute approximate surface area is 109 Å². The number of aliphatic carboxylic acids is 1. The Morgan fingerprint density at radius 2 is 1.89 bits per heavy atom. The summed E-state index contributed by atoms with van der Waals surface area (Å²) >= 11 is 0. The smallest absolute Gasteiger partial charge is 0.307 e. The van der Waals surface area contributed by atoms with Crippen molar-refractivity contribution in [2.45, 2.75) is 33.1 Å². The Morgan fingerprint density at radius 1 is 1.33 bits per heavy atom. The van der Waals surface area contributed by atoms with Gasteiger partial charge in [-0.25, -0.2) is 0 Å². The zero-order valence-electron chi connectivity index (χ0n) is 11.4. The number of hydrogen-bond acceptors (Lipinski definition) is 2. The summed E-state index contributed by atoms with van der Waals surface area (Å²) in [7, 11) is 1.77. The second kappa shape index (κ2) is 6.57. The van der Waals surface area contributed by atoms with Crippen LogP contribution in [0.2, 0.25) is 0 Å². The third-order valence-electron chi connectivity index (χ3n) is 3.73. The van der Waals surface area contributed by atoms with Gasteiger partial charge >= 0.3 is 5.97 Å². The minimum absolute atomic E-state index is 0.0351. The molecule has 0 aliphatic heterocycles. The first-order valence-electron chi connectivity index (χ1n) is 6.60. The van der Waals surface area contributed by atoms with E-state index in [0.717, 1.165) is 6.42 Å². The number of carbonyl (C=O) groups is 2. The fraction of sp³-hybridized carbons (Fsp3) is 0.714. The number of amides is 1. The first kappa shape index (κ1) is 14.7. The molecule has 1 aliphatic rings. The van der Waals surface area contributed by atoms with Crippen LogP contribution in [0.15, 0.2) is 12.2 Å². The van der Waals surface area contributed by atoms with Crippen molar-refractivity contribution in [3.8, 4) is 0 Å². The van der Waals surface area contributed by atoms with Gasteiger partial charge in [-0.1, -0.05) is 32.4 Å². The summed E-state index contributed by atoms with van der Waals surface area (Å²) in [5, 5.41) is 9.16. The van der Waals surface area contributed by atoms with Gasteiger partial charge < -0.3 is 10.0 Å². The summed E-state index contributed by atoms with van der Waals surface area (Å²) in [4.78, 5) is 25.1. The van der Waals surface area contributed by atoms with E-state index in [1.165, 1.54) is 0 Å². The van der Waals surface area contributed by atoms with Crippen molar-refractivity contribution in [2.75, 3.05) is 13.6 Å². The second-order valence-corrected chi connectivity index (χ2v) is 5.23. The molecule has 1 aliphatic carbocycles. The van der Waals surface area contributed by atoms with Crippen LogP contribution in [0.4, 0.5) is 0 Å². The van der Waals surface area contributed by atoms with Crippen molar-refractivity contribution in [1.82, 2.24) is 4.90 Å². The van der Waals surface area contributed by atoms with Crippen LogP contribution in [0, 0.1) is 17.8 Å². The lowest BCUT2D eigenvalue weighted by Gasteiger charge is -2.30. The number of carboxylic acids is 1. The van der Waals surface area contributed by atoms with E-state index in [1.54, 1.807) is 11.9 Å². The van der Waals surface area contributed by atoms with Crippen LogP contribution in [-0.4, -0.2) is 35.5 Å². The van der Waals surface area contributed by atoms with E-state index in [0.29, 0.717) is 25.3 Å². The highest BCUT2D eigenvalue weighted by Crippen LogP contribution is 2.27. The molecule has 1 amide bonds. The normalized spacial score (nSPS) is 24.6. The topological polar surface area (TPSA) is 57.6 Å². The molecule has 4 heteroatoms. The maximum atomic E-state index is 12.3. The summed E-state index contributed by atoms with van der Waals surface area (Å²) in [5.41, 5.74) is 0. The van der Waals surface area contributed by atoms with E-state index in [4.69, 9.17) is 5.11 Å². The number of carbonyl (C=O) groups excluding carboxylic acids is 1. The highest BCUT2D eigenvalue weighted by atomic mass is 16.4. The molecule has 3 atom stereocenters. The second-order valence-electron chi connectivity index (χ2n) is 5.23. The molecule has 102 valence electrons. The van der Waals surface area contributed by atoms with Crippen LogP contribution >= 0.6 is 0 Å². The Hall–Kier alpha value is -1.32. The Morgan fingerprint density at radius 3 is 2.39 bits per heavy atom. The fourth-order valence-corrected chi connectivity index (χ4v) is 2.33. The predicted molar refractivity (Wildman–Crippen MR) is 70.1 cm³/mol. The van der Waals surface area contributed by atoms with E-state index in [-0.39, 0.29) is 5.91 Å². The minimum Gasteiger partial charge on any atom is -0.481 e. The van der Waals surface area contributed by atoms with Crippen LogP contribution in [0.1, 0.15) is 33.1 Å². The van der Waals surface area contributed by atoms with E-state index >= 15 is 0 Å². The Kier molecular flexibility index (Phi) is 5.38. The van der Waals surface area contributed by atoms with Gasteiger partial charge in [-0.05, 0) is 18.8 Å². The van der Waals surface area contributed by atoms with E-state index < -0.39 is 17.8 Å². The lowest BCUT2D eigenvalue weighted by molar-refractivity contribution is -0.150. The standard InChI is InChI=1S/C14H23NO3/c1-4-10(2)9-15(3)13(16)11-7-5-6-8-12(11)14(17)18/h5-6,10-12H,4,7-9H2,1-3H3,(H,17,18)/t10?,11-,12+/m1/s1. The summed E-state index contributed by atoms with van der Waals surface area (Å²) in [6.07, 6.45) is 5.80. The lowest BCUT2D eigenvalue weighted by atomic mass is 9.82. The molecule has 0 saturated heterocycles. The van der Waals surface area contributed by atoms with E-state index in [2.05, 4.69) is 13.8 Å². The molecule has 0 radical (unpaired) electrons. The molecule has 0 aromatic heterocycles. The zero-order chi connectivity index (χ0) is 13.7. The molecule has 4 nitrogen and oxygen atoms in total. The molecule has 1 rings (SSSR count). The molecule has 0 heterocycles. The van der Waals surface area contributed by atoms with Crippen molar-refractivity contribution >= 4 is 11.9 Å². The molecule has 0 aromatic rings. The Balaban J connectivity index is 2.69. The van der Waals surface area contributed by atoms with Crippen LogP contribution in [0.5, 0.6) is 0 Å². The number of carboxylic acid groups (broad SMARTS) is 1. The average molecular weight is 253 g/mol. The molecule has 1 unspecified atom stereocenters. The summed E-state index contributed by atoms with van der Waals surface area (Å²) in [5.74, 6) is -1.42. The van der Waals surface area contributed by atoms with Gasteiger partial charge in [0, 0.05) is 13.6 Å². The average Bonchev–Trinajstić information content (AvgIpc) is 2.37. The molecule has 1 N–H and O–H groups in total.